The quantitative estimate of drug-likeness (QED) is 0.115. The number of phenols is 1. The molecule has 0 aliphatic rings. The minimum Gasteiger partial charge on any atom is -0.508 e. The Labute approximate surface area is 253 Å². The number of amides is 3. The van der Waals surface area contributed by atoms with Crippen molar-refractivity contribution in [3.05, 3.63) is 77.9 Å². The lowest BCUT2D eigenvalue weighted by atomic mass is 9.98. The highest BCUT2D eigenvalue weighted by Crippen LogP contribution is 2.19. The maximum Gasteiger partial charge on any atom is 0.327 e. The summed E-state index contributed by atoms with van der Waals surface area (Å²) in [6, 6.07) is 13.9. The number of aromatic hydroxyl groups is 1. The third-order valence-corrected chi connectivity index (χ3v) is 7.11. The number of nitrogens with one attached hydrogen (secondary N) is 3. The summed E-state index contributed by atoms with van der Waals surface area (Å²) in [4.78, 5) is 62.3. The Balaban J connectivity index is 1.79. The molecule has 0 saturated heterocycles. The number of hydrogen-bond acceptors (Lipinski definition) is 8. The van der Waals surface area contributed by atoms with E-state index < -0.39 is 60.2 Å². The number of hydrogen-bond donors (Lipinski definition) is 8. The second-order valence-corrected chi connectivity index (χ2v) is 10.3. The normalized spacial score (nSPS) is 13.7. The summed E-state index contributed by atoms with van der Waals surface area (Å²) >= 11 is 3.94. The number of benzene rings is 3. The van der Waals surface area contributed by atoms with E-state index in [2.05, 4.69) is 28.6 Å². The van der Waals surface area contributed by atoms with Gasteiger partial charge in [-0.3, -0.25) is 19.2 Å². The van der Waals surface area contributed by atoms with E-state index in [0.717, 1.165) is 16.3 Å². The summed E-state index contributed by atoms with van der Waals surface area (Å²) < 4.78 is 0. The summed E-state index contributed by atoms with van der Waals surface area (Å²) in [6.07, 6.45) is -0.716. The predicted octanol–water partition coefficient (Wildman–Crippen LogP) is 0.992. The number of rotatable bonds is 15. The largest absolute Gasteiger partial charge is 0.508 e. The van der Waals surface area contributed by atoms with E-state index in [4.69, 9.17) is 5.73 Å². The molecule has 0 aromatic heterocycles. The Bertz CT molecular complexity index is 1460. The minimum absolute atomic E-state index is 0.0221. The third kappa shape index (κ3) is 9.72. The van der Waals surface area contributed by atoms with Crippen LogP contribution in [-0.2, 0) is 36.8 Å². The van der Waals surface area contributed by atoms with Crippen molar-refractivity contribution in [2.75, 3.05) is 5.75 Å². The molecule has 0 heterocycles. The Hall–Kier alpha value is -4.62. The zero-order valence-corrected chi connectivity index (χ0v) is 24.0. The first-order valence-electron chi connectivity index (χ1n) is 13.4. The van der Waals surface area contributed by atoms with Gasteiger partial charge in [0.25, 0.3) is 0 Å². The lowest BCUT2D eigenvalue weighted by Gasteiger charge is -2.25. The molecule has 43 heavy (non-hydrogen) atoms. The average Bonchev–Trinajstić information content (AvgIpc) is 2.98. The molecule has 3 amide bonds. The number of fused-ring (bicyclic) bond motifs is 1. The summed E-state index contributed by atoms with van der Waals surface area (Å²) in [5.41, 5.74) is 7.54. The standard InChI is InChI=1S/C30H34N4O8S/c31-22(15-19-6-3-5-18-4-1-2-7-21(18)19)27(38)32-23(12-13-26(36)37)28(39)33-24(14-17-8-10-20(35)11-9-17)29(40)34-25(16-43)30(41)42/h1-11,22-25,35,43H,12-16,31H2,(H,32,38)(H,33,39)(H,34,40)(H,36,37)(H,41,42)/t22-,23-,24-,25-/m0/s1. The molecule has 0 radical (unpaired) electrons. The van der Waals surface area contributed by atoms with Crippen LogP contribution >= 0.6 is 12.6 Å². The van der Waals surface area contributed by atoms with Gasteiger partial charge in [-0.2, -0.15) is 12.6 Å². The van der Waals surface area contributed by atoms with Crippen LogP contribution in [0, 0.1) is 0 Å². The van der Waals surface area contributed by atoms with Gasteiger partial charge in [0.1, 0.15) is 23.9 Å². The van der Waals surface area contributed by atoms with Crippen molar-refractivity contribution < 1.29 is 39.3 Å². The van der Waals surface area contributed by atoms with E-state index in [1.54, 1.807) is 0 Å². The number of aliphatic carboxylic acids is 2. The minimum atomic E-state index is -1.36. The Kier molecular flexibility index (Phi) is 11.9. The van der Waals surface area contributed by atoms with Crippen molar-refractivity contribution >= 4 is 53.1 Å². The summed E-state index contributed by atoms with van der Waals surface area (Å²) in [5, 5.41) is 37.4. The van der Waals surface area contributed by atoms with Gasteiger partial charge in [0, 0.05) is 18.6 Å². The smallest absolute Gasteiger partial charge is 0.327 e. The van der Waals surface area contributed by atoms with Crippen LogP contribution in [-0.4, -0.2) is 74.9 Å². The molecule has 0 aliphatic carbocycles. The SMILES string of the molecule is N[C@@H](Cc1cccc2ccccc12)C(=O)N[C@@H](CCC(=O)O)C(=O)N[C@@H](Cc1ccc(O)cc1)C(=O)N[C@@H](CS)C(=O)O. The van der Waals surface area contributed by atoms with Gasteiger partial charge in [-0.1, -0.05) is 54.6 Å². The van der Waals surface area contributed by atoms with Crippen molar-refractivity contribution in [1.82, 2.24) is 16.0 Å². The number of carboxylic acids is 2. The molecule has 3 aromatic carbocycles. The number of carboxylic acid groups (broad SMARTS) is 2. The number of nitrogens with two attached hydrogens (primary N) is 1. The first-order valence-corrected chi connectivity index (χ1v) is 14.1. The first kappa shape index (κ1) is 32.9. The van der Waals surface area contributed by atoms with Crippen LogP contribution in [0.3, 0.4) is 0 Å². The van der Waals surface area contributed by atoms with Gasteiger partial charge in [0.15, 0.2) is 0 Å². The fraction of sp³-hybridized carbons (Fsp3) is 0.300. The molecule has 0 spiro atoms. The van der Waals surface area contributed by atoms with Crippen LogP contribution in [0.25, 0.3) is 10.8 Å². The molecule has 12 nitrogen and oxygen atoms in total. The Morgan fingerprint density at radius 2 is 1.35 bits per heavy atom. The third-order valence-electron chi connectivity index (χ3n) is 6.74. The summed E-state index contributed by atoms with van der Waals surface area (Å²) in [5.74, 6) is -5.16. The van der Waals surface area contributed by atoms with Crippen LogP contribution in [0.4, 0.5) is 0 Å². The molecule has 0 aliphatic heterocycles. The van der Waals surface area contributed by atoms with Gasteiger partial charge in [-0.15, -0.1) is 0 Å². The second kappa shape index (κ2) is 15.6. The van der Waals surface area contributed by atoms with Gasteiger partial charge in [0.2, 0.25) is 17.7 Å². The summed E-state index contributed by atoms with van der Waals surface area (Å²) in [7, 11) is 0. The molecule has 3 rings (SSSR count). The van der Waals surface area contributed by atoms with E-state index in [-0.39, 0.29) is 30.8 Å². The molecule has 0 saturated carbocycles. The fourth-order valence-electron chi connectivity index (χ4n) is 4.42. The van der Waals surface area contributed by atoms with Crippen molar-refractivity contribution in [3.63, 3.8) is 0 Å². The molecular formula is C30H34N4O8S. The van der Waals surface area contributed by atoms with Crippen LogP contribution in [0.5, 0.6) is 5.75 Å². The summed E-state index contributed by atoms with van der Waals surface area (Å²) in [6.45, 7) is 0. The van der Waals surface area contributed by atoms with E-state index in [0.29, 0.717) is 5.56 Å². The molecule has 13 heteroatoms. The molecule has 4 atom stereocenters. The molecule has 0 bridgehead atoms. The van der Waals surface area contributed by atoms with E-state index in [1.165, 1.54) is 24.3 Å². The van der Waals surface area contributed by atoms with Crippen LogP contribution in [0.2, 0.25) is 0 Å². The predicted molar refractivity (Wildman–Crippen MR) is 162 cm³/mol. The van der Waals surface area contributed by atoms with Crippen LogP contribution in [0.1, 0.15) is 24.0 Å². The lowest BCUT2D eigenvalue weighted by Crippen LogP contribution is -2.58. The van der Waals surface area contributed by atoms with Crippen LogP contribution < -0.4 is 21.7 Å². The highest BCUT2D eigenvalue weighted by Gasteiger charge is 2.30. The Morgan fingerprint density at radius 1 is 0.744 bits per heavy atom. The molecule has 8 N–H and O–H groups in total. The topological polar surface area (TPSA) is 208 Å². The van der Waals surface area contributed by atoms with Gasteiger partial charge in [0.05, 0.1) is 6.04 Å². The lowest BCUT2D eigenvalue weighted by molar-refractivity contribution is -0.141. The Morgan fingerprint density at radius 3 is 2.00 bits per heavy atom. The van der Waals surface area contributed by atoms with E-state index >= 15 is 0 Å². The number of carbonyl (C=O) groups is 5. The van der Waals surface area contributed by atoms with Crippen LogP contribution in [0.15, 0.2) is 66.7 Å². The zero-order chi connectivity index (χ0) is 31.5. The van der Waals surface area contributed by atoms with Gasteiger partial charge in [-0.25, -0.2) is 4.79 Å². The van der Waals surface area contributed by atoms with Crippen molar-refractivity contribution in [1.29, 1.82) is 0 Å². The van der Waals surface area contributed by atoms with Crippen molar-refractivity contribution in [2.45, 2.75) is 49.9 Å². The number of phenolic OH excluding ortho intramolecular Hbond substituents is 1. The highest BCUT2D eigenvalue weighted by molar-refractivity contribution is 7.80. The van der Waals surface area contributed by atoms with E-state index in [9.17, 15) is 39.3 Å². The van der Waals surface area contributed by atoms with Gasteiger partial charge < -0.3 is 37.0 Å². The van der Waals surface area contributed by atoms with Crippen molar-refractivity contribution in [2.24, 2.45) is 5.73 Å². The molecule has 0 unspecified atom stereocenters. The van der Waals surface area contributed by atoms with Crippen molar-refractivity contribution in [3.8, 4) is 5.75 Å². The maximum atomic E-state index is 13.4. The maximum absolute atomic E-state index is 13.4. The second-order valence-electron chi connectivity index (χ2n) is 9.96. The molecule has 0 fully saturated rings. The van der Waals surface area contributed by atoms with Gasteiger partial charge in [-0.05, 0) is 46.9 Å². The van der Waals surface area contributed by atoms with Gasteiger partial charge >= 0.3 is 11.9 Å². The number of carbonyl (C=O) groups excluding carboxylic acids is 3. The highest BCUT2D eigenvalue weighted by atomic mass is 32.1. The molecular weight excluding hydrogens is 576 g/mol. The first-order chi connectivity index (χ1) is 20.5. The van der Waals surface area contributed by atoms with E-state index in [1.807, 2.05) is 42.5 Å². The average molecular weight is 611 g/mol. The monoisotopic (exact) mass is 610 g/mol. The number of thiol groups is 1. The molecule has 3 aromatic rings. The molecule has 228 valence electrons. The fourth-order valence-corrected chi connectivity index (χ4v) is 4.67. The zero-order valence-electron chi connectivity index (χ0n) is 23.1.